The summed E-state index contributed by atoms with van der Waals surface area (Å²) in [5, 5.41) is 2.29. The second-order valence-corrected chi connectivity index (χ2v) is 9.20. The molecule has 33 heavy (non-hydrogen) atoms. The highest BCUT2D eigenvalue weighted by Crippen LogP contribution is 2.29. The van der Waals surface area contributed by atoms with Gasteiger partial charge >= 0.3 is 6.03 Å². The quantitative estimate of drug-likeness (QED) is 0.380. The van der Waals surface area contributed by atoms with Crippen LogP contribution in [0.2, 0.25) is 0 Å². The molecule has 1 N–H and O–H groups in total. The van der Waals surface area contributed by atoms with Crippen molar-refractivity contribution in [3.63, 3.8) is 0 Å². The Morgan fingerprint density at radius 2 is 1.61 bits per heavy atom. The number of barbiturate groups is 1. The van der Waals surface area contributed by atoms with Crippen molar-refractivity contribution < 1.29 is 14.4 Å². The fourth-order valence-electron chi connectivity index (χ4n) is 4.18. The monoisotopic (exact) mass is 505 g/mol. The Bertz CT molecular complexity index is 1370. The van der Waals surface area contributed by atoms with E-state index >= 15 is 0 Å². The summed E-state index contributed by atoms with van der Waals surface area (Å²) in [5.74, 6) is -1.35. The van der Waals surface area contributed by atoms with E-state index in [1.165, 1.54) is 5.56 Å². The number of hydrogen-bond acceptors (Lipinski definition) is 3. The van der Waals surface area contributed by atoms with Crippen LogP contribution < -0.4 is 10.2 Å². The first-order chi connectivity index (χ1) is 15.6. The molecule has 0 saturated carbocycles. The summed E-state index contributed by atoms with van der Waals surface area (Å²) < 4.78 is 2.97. The zero-order valence-electron chi connectivity index (χ0n) is 19.1. The number of rotatable bonds is 3. The van der Waals surface area contributed by atoms with E-state index in [1.54, 1.807) is 24.3 Å². The molecule has 2 heterocycles. The Hall–Kier alpha value is -3.45. The van der Waals surface area contributed by atoms with E-state index < -0.39 is 17.8 Å². The molecule has 1 aliphatic heterocycles. The van der Waals surface area contributed by atoms with Gasteiger partial charge in [-0.25, -0.2) is 9.69 Å². The van der Waals surface area contributed by atoms with Gasteiger partial charge in [0.25, 0.3) is 11.8 Å². The van der Waals surface area contributed by atoms with Gasteiger partial charge in [-0.2, -0.15) is 0 Å². The van der Waals surface area contributed by atoms with E-state index in [0.29, 0.717) is 5.69 Å². The first kappa shape index (κ1) is 22.7. The number of carbonyl (C=O) groups is 3. The molecule has 0 spiro atoms. The van der Waals surface area contributed by atoms with E-state index in [0.717, 1.165) is 43.1 Å². The SMILES string of the molecule is Cc1ccc(-n2c(C)cc(/C=C3\C(=O)NC(=O)N(c4ccc(Br)c(C)c4)C3=O)c2C)c(C)c1. The number of nitrogens with one attached hydrogen (secondary N) is 1. The van der Waals surface area contributed by atoms with Gasteiger partial charge in [-0.3, -0.25) is 14.9 Å². The third kappa shape index (κ3) is 4.04. The molecule has 3 aromatic rings. The van der Waals surface area contributed by atoms with Gasteiger partial charge in [0.05, 0.1) is 5.69 Å². The molecule has 2 aromatic carbocycles. The summed E-state index contributed by atoms with van der Waals surface area (Å²) >= 11 is 3.42. The number of nitrogens with zero attached hydrogens (tertiary/aromatic N) is 2. The van der Waals surface area contributed by atoms with Crippen molar-refractivity contribution in [2.75, 3.05) is 4.90 Å². The molecule has 4 amide bonds. The second kappa shape index (κ2) is 8.48. The maximum Gasteiger partial charge on any atom is 0.335 e. The van der Waals surface area contributed by atoms with Crippen LogP contribution in [-0.4, -0.2) is 22.4 Å². The molecule has 0 bridgehead atoms. The zero-order valence-corrected chi connectivity index (χ0v) is 20.7. The Morgan fingerprint density at radius 1 is 0.879 bits per heavy atom. The van der Waals surface area contributed by atoms with E-state index in [1.807, 2.05) is 26.8 Å². The summed E-state index contributed by atoms with van der Waals surface area (Å²) in [6, 6.07) is 12.6. The molecular formula is C26H24BrN3O3. The smallest absolute Gasteiger partial charge is 0.318 e. The molecule has 0 atom stereocenters. The van der Waals surface area contributed by atoms with Crippen LogP contribution in [0.25, 0.3) is 11.8 Å². The van der Waals surface area contributed by atoms with Crippen LogP contribution in [-0.2, 0) is 9.59 Å². The fraction of sp³-hybridized carbons (Fsp3) is 0.192. The number of amides is 4. The lowest BCUT2D eigenvalue weighted by Gasteiger charge is -2.26. The molecule has 1 aliphatic rings. The standard InChI is InChI=1S/C26H24BrN3O3/c1-14-6-9-23(16(3)10-14)29-17(4)12-19(18(29)5)13-21-24(31)28-26(33)30(25(21)32)20-7-8-22(27)15(2)11-20/h6-13H,1-5H3,(H,28,31,33)/b21-13+. The summed E-state index contributed by atoms with van der Waals surface area (Å²) in [5.41, 5.74) is 7.15. The maximum atomic E-state index is 13.3. The highest BCUT2D eigenvalue weighted by atomic mass is 79.9. The summed E-state index contributed by atoms with van der Waals surface area (Å²) in [4.78, 5) is 39.4. The van der Waals surface area contributed by atoms with Gasteiger partial charge in [-0.05, 0) is 87.7 Å². The topological polar surface area (TPSA) is 71.4 Å². The maximum absolute atomic E-state index is 13.3. The number of aromatic nitrogens is 1. The van der Waals surface area contributed by atoms with Crippen LogP contribution in [0, 0.1) is 34.6 Å². The molecule has 1 fully saturated rings. The predicted molar refractivity (Wildman–Crippen MR) is 133 cm³/mol. The molecule has 168 valence electrons. The van der Waals surface area contributed by atoms with Gasteiger partial charge in [-0.1, -0.05) is 33.6 Å². The number of carbonyl (C=O) groups excluding carboxylic acids is 3. The third-order valence-corrected chi connectivity index (χ3v) is 6.75. The number of aryl methyl sites for hydroxylation is 4. The van der Waals surface area contributed by atoms with E-state index in [9.17, 15) is 14.4 Å². The van der Waals surface area contributed by atoms with Crippen molar-refractivity contribution in [2.45, 2.75) is 34.6 Å². The lowest BCUT2D eigenvalue weighted by molar-refractivity contribution is -0.122. The van der Waals surface area contributed by atoms with Crippen molar-refractivity contribution in [2.24, 2.45) is 0 Å². The molecule has 0 radical (unpaired) electrons. The van der Waals surface area contributed by atoms with E-state index in [-0.39, 0.29) is 5.57 Å². The second-order valence-electron chi connectivity index (χ2n) is 8.34. The van der Waals surface area contributed by atoms with Crippen molar-refractivity contribution in [3.8, 4) is 5.69 Å². The normalized spacial score (nSPS) is 15.4. The Morgan fingerprint density at radius 3 is 2.27 bits per heavy atom. The molecule has 0 aliphatic carbocycles. The third-order valence-electron chi connectivity index (χ3n) is 5.86. The summed E-state index contributed by atoms with van der Waals surface area (Å²) in [6.07, 6.45) is 1.56. The van der Waals surface area contributed by atoms with Crippen molar-refractivity contribution in [3.05, 3.63) is 86.2 Å². The number of benzene rings is 2. The largest absolute Gasteiger partial charge is 0.335 e. The zero-order chi connectivity index (χ0) is 24.0. The molecule has 4 rings (SSSR count). The van der Waals surface area contributed by atoms with Crippen LogP contribution in [0.4, 0.5) is 10.5 Å². The van der Waals surface area contributed by atoms with Gasteiger partial charge in [0, 0.05) is 21.5 Å². The van der Waals surface area contributed by atoms with E-state index in [2.05, 4.69) is 57.9 Å². The first-order valence-corrected chi connectivity index (χ1v) is 11.3. The number of urea groups is 1. The van der Waals surface area contributed by atoms with Gasteiger partial charge in [0.2, 0.25) is 0 Å². The Labute approximate surface area is 201 Å². The number of halogens is 1. The highest BCUT2D eigenvalue weighted by Gasteiger charge is 2.37. The molecule has 6 nitrogen and oxygen atoms in total. The van der Waals surface area contributed by atoms with Crippen molar-refractivity contribution in [1.82, 2.24) is 9.88 Å². The lowest BCUT2D eigenvalue weighted by Crippen LogP contribution is -2.54. The minimum Gasteiger partial charge on any atom is -0.318 e. The van der Waals surface area contributed by atoms with Crippen molar-refractivity contribution in [1.29, 1.82) is 0 Å². The number of hydrogen-bond donors (Lipinski definition) is 1. The fourth-order valence-corrected chi connectivity index (χ4v) is 4.42. The van der Waals surface area contributed by atoms with Crippen LogP contribution in [0.3, 0.4) is 0 Å². The van der Waals surface area contributed by atoms with Gasteiger partial charge < -0.3 is 4.57 Å². The van der Waals surface area contributed by atoms with Gasteiger partial charge in [0.15, 0.2) is 0 Å². The van der Waals surface area contributed by atoms with Crippen LogP contribution in [0.15, 0.2) is 52.5 Å². The number of imide groups is 2. The highest BCUT2D eigenvalue weighted by molar-refractivity contribution is 9.10. The van der Waals surface area contributed by atoms with Crippen LogP contribution >= 0.6 is 15.9 Å². The molecule has 7 heteroatoms. The van der Waals surface area contributed by atoms with Gasteiger partial charge in [-0.15, -0.1) is 0 Å². The first-order valence-electron chi connectivity index (χ1n) is 10.5. The Balaban J connectivity index is 1.78. The molecule has 1 aromatic heterocycles. The Kier molecular flexibility index (Phi) is 5.84. The number of anilines is 1. The molecule has 1 saturated heterocycles. The average Bonchev–Trinajstić information content (AvgIpc) is 3.01. The predicted octanol–water partition coefficient (Wildman–Crippen LogP) is 5.45. The van der Waals surface area contributed by atoms with Crippen LogP contribution in [0.5, 0.6) is 0 Å². The minimum atomic E-state index is -0.760. The molecular weight excluding hydrogens is 482 g/mol. The lowest BCUT2D eigenvalue weighted by atomic mass is 10.1. The summed E-state index contributed by atoms with van der Waals surface area (Å²) in [7, 11) is 0. The molecule has 0 unspecified atom stereocenters. The van der Waals surface area contributed by atoms with Gasteiger partial charge in [0.1, 0.15) is 5.57 Å². The van der Waals surface area contributed by atoms with E-state index in [4.69, 9.17) is 0 Å². The minimum absolute atomic E-state index is 0.0870. The summed E-state index contributed by atoms with van der Waals surface area (Å²) in [6.45, 7) is 9.91. The van der Waals surface area contributed by atoms with Crippen LogP contribution in [0.1, 0.15) is 33.6 Å². The van der Waals surface area contributed by atoms with Crippen molar-refractivity contribution >= 4 is 45.5 Å². The average molecular weight is 506 g/mol.